The van der Waals surface area contributed by atoms with Gasteiger partial charge in [-0.2, -0.15) is 0 Å². The monoisotopic (exact) mass is 775 g/mol. The molecular formula is C42H65NO12. The van der Waals surface area contributed by atoms with Gasteiger partial charge in [-0.1, -0.05) is 44.6 Å². The number of piperidine rings is 1. The molecule has 0 spiro atoms. The van der Waals surface area contributed by atoms with Crippen LogP contribution in [0.3, 0.4) is 0 Å². The van der Waals surface area contributed by atoms with Crippen molar-refractivity contribution in [3.05, 3.63) is 36.0 Å². The fourth-order valence-corrected chi connectivity index (χ4v) is 8.99. The molecule has 1 amide bonds. The molecule has 2 saturated heterocycles. The van der Waals surface area contributed by atoms with Gasteiger partial charge in [0.25, 0.3) is 11.7 Å². The molecule has 3 fully saturated rings. The molecule has 14 atom stereocenters. The quantitative estimate of drug-likeness (QED) is 0.155. The number of amides is 1. The molecule has 0 aromatic carbocycles. The van der Waals surface area contributed by atoms with E-state index in [4.69, 9.17) is 14.2 Å². The van der Waals surface area contributed by atoms with Gasteiger partial charge in [0.2, 0.25) is 5.79 Å². The number of esters is 1. The number of aliphatic hydroxyl groups excluding tert-OH is 4. The zero-order chi connectivity index (χ0) is 40.8. The summed E-state index contributed by atoms with van der Waals surface area (Å²) in [5.74, 6) is -8.51. The maximum absolute atomic E-state index is 14.2. The fraction of sp³-hybridized carbons (Fsp3) is 0.762. The maximum Gasteiger partial charge on any atom is 0.329 e. The molecule has 2 bridgehead atoms. The van der Waals surface area contributed by atoms with Crippen molar-refractivity contribution < 1.29 is 58.9 Å². The van der Waals surface area contributed by atoms with Crippen LogP contribution in [0.4, 0.5) is 0 Å². The predicted octanol–water partition coefficient (Wildman–Crippen LogP) is 3.33. The topological polar surface area (TPSA) is 200 Å². The van der Waals surface area contributed by atoms with Crippen molar-refractivity contribution in [1.29, 1.82) is 0 Å². The second-order valence-corrected chi connectivity index (χ2v) is 16.9. The summed E-state index contributed by atoms with van der Waals surface area (Å²) in [6.07, 6.45) is 1.77. The standard InChI is InChI=1S/C42H65NO12/c1-8-11-29-17-23(2)16-24(3)18-35(48)38-36(53-7)20-26(5)42(52,55-38)39(49)40(50)43-15-10-9-12-30(43)41(51)54-37(27(6)32(45)22-33(29)46)25(4)19-28-13-14-31(44)34(47)21-28/h8,17,19,24,26-32,34-38,44-45,47-48,52H,1,9-16,18,20-22H2,2-7H3/b23-17+,25-19+/t24-,26+,27+,28-,29+,30+,31+,32-,34+,35-,36-,37+,38+,42+/m0/s1. The Balaban J connectivity index is 1.76. The van der Waals surface area contributed by atoms with Crippen LogP contribution in [-0.4, -0.2) is 122 Å². The smallest absolute Gasteiger partial charge is 0.329 e. The highest BCUT2D eigenvalue weighted by atomic mass is 16.7. The van der Waals surface area contributed by atoms with Crippen molar-refractivity contribution in [2.45, 2.75) is 160 Å². The number of carbonyl (C=O) groups excluding carboxylic acids is 4. The van der Waals surface area contributed by atoms with Crippen LogP contribution >= 0.6 is 0 Å². The highest BCUT2D eigenvalue weighted by Crippen LogP contribution is 2.38. The van der Waals surface area contributed by atoms with Gasteiger partial charge in [-0.3, -0.25) is 14.4 Å². The molecule has 4 rings (SSSR count). The summed E-state index contributed by atoms with van der Waals surface area (Å²) in [4.78, 5) is 57.2. The Bertz CT molecular complexity index is 1440. The van der Waals surface area contributed by atoms with Crippen LogP contribution in [0.15, 0.2) is 36.0 Å². The first-order valence-corrected chi connectivity index (χ1v) is 20.1. The summed E-state index contributed by atoms with van der Waals surface area (Å²) in [7, 11) is 1.45. The summed E-state index contributed by atoms with van der Waals surface area (Å²) in [6, 6.07) is -1.19. The second-order valence-electron chi connectivity index (χ2n) is 16.9. The molecule has 0 radical (unpaired) electrons. The molecule has 5 N–H and O–H groups in total. The number of carbonyl (C=O) groups is 4. The third-order valence-electron chi connectivity index (χ3n) is 12.3. The summed E-state index contributed by atoms with van der Waals surface area (Å²) >= 11 is 0. The number of nitrogens with zero attached hydrogens (tertiary/aromatic N) is 1. The minimum atomic E-state index is -2.60. The summed E-state index contributed by atoms with van der Waals surface area (Å²) in [6.45, 7) is 12.7. The predicted molar refractivity (Wildman–Crippen MR) is 203 cm³/mol. The van der Waals surface area contributed by atoms with E-state index < -0.39 is 90.0 Å². The van der Waals surface area contributed by atoms with E-state index >= 15 is 0 Å². The zero-order valence-electron chi connectivity index (χ0n) is 33.5. The number of Topliss-reactive ketones (excluding diaryl/α,β-unsaturated/α-hetero) is 2. The van der Waals surface area contributed by atoms with Gasteiger partial charge in [0, 0.05) is 37.8 Å². The van der Waals surface area contributed by atoms with Gasteiger partial charge in [0.05, 0.1) is 30.5 Å². The van der Waals surface area contributed by atoms with E-state index in [-0.39, 0.29) is 49.8 Å². The van der Waals surface area contributed by atoms with E-state index in [2.05, 4.69) is 6.58 Å². The average Bonchev–Trinajstić information content (AvgIpc) is 3.14. The summed E-state index contributed by atoms with van der Waals surface area (Å²) < 4.78 is 17.8. The van der Waals surface area contributed by atoms with Crippen LogP contribution < -0.4 is 0 Å². The number of cyclic esters (lactones) is 1. The average molecular weight is 776 g/mol. The normalized spacial score (nSPS) is 42.0. The highest BCUT2D eigenvalue weighted by Gasteiger charge is 2.56. The third-order valence-corrected chi connectivity index (χ3v) is 12.3. The molecule has 0 aromatic rings. The van der Waals surface area contributed by atoms with E-state index in [1.807, 2.05) is 26.0 Å². The van der Waals surface area contributed by atoms with Crippen LogP contribution in [0.1, 0.15) is 105 Å². The first kappa shape index (κ1) is 44.9. The Hall–Kier alpha value is -2.78. The number of aliphatic hydroxyl groups is 5. The minimum Gasteiger partial charge on any atom is -0.456 e. The zero-order valence-corrected chi connectivity index (χ0v) is 33.5. The molecule has 1 aliphatic carbocycles. The van der Waals surface area contributed by atoms with Crippen molar-refractivity contribution >= 4 is 23.4 Å². The van der Waals surface area contributed by atoms with Crippen molar-refractivity contribution in [2.24, 2.45) is 29.6 Å². The van der Waals surface area contributed by atoms with E-state index in [0.29, 0.717) is 50.5 Å². The maximum atomic E-state index is 14.2. The van der Waals surface area contributed by atoms with Crippen LogP contribution in [0, 0.1) is 29.6 Å². The molecule has 3 heterocycles. The fourth-order valence-electron chi connectivity index (χ4n) is 8.99. The lowest BCUT2D eigenvalue weighted by Crippen LogP contribution is -2.64. The second kappa shape index (κ2) is 19.6. The molecule has 310 valence electrons. The molecule has 0 unspecified atom stereocenters. The molecule has 0 aromatic heterocycles. The number of hydrogen-bond donors (Lipinski definition) is 5. The van der Waals surface area contributed by atoms with E-state index in [1.165, 1.54) is 7.11 Å². The Morgan fingerprint density at radius 1 is 0.964 bits per heavy atom. The van der Waals surface area contributed by atoms with Gasteiger partial charge in [0.15, 0.2) is 0 Å². The molecule has 3 aliphatic heterocycles. The van der Waals surface area contributed by atoms with Gasteiger partial charge < -0.3 is 44.6 Å². The SMILES string of the molecule is C=CC[C@@H]1/C=C(\C)C[C@H](C)C[C@H](O)[C@H]2O[C@@](O)(C(=O)C(=O)N3CCCC[C@@H]3C(=O)O[C@H](/C(C)=C/[C@@H]3CC[C@@H](O)[C@H](O)C3)[C@H](C)[C@@H](O)CC1=O)[C@H](C)C[C@@H]2OC. The molecular weight excluding hydrogens is 710 g/mol. The lowest BCUT2D eigenvalue weighted by molar-refractivity contribution is -0.301. The van der Waals surface area contributed by atoms with E-state index in [1.54, 1.807) is 26.8 Å². The molecule has 4 aliphatic rings. The van der Waals surface area contributed by atoms with E-state index in [0.717, 1.165) is 10.5 Å². The van der Waals surface area contributed by atoms with Crippen LogP contribution in [0.25, 0.3) is 0 Å². The number of ether oxygens (including phenoxy) is 3. The Labute approximate surface area is 325 Å². The molecule has 13 nitrogen and oxygen atoms in total. The molecule has 55 heavy (non-hydrogen) atoms. The summed E-state index contributed by atoms with van der Waals surface area (Å²) in [5, 5.41) is 55.3. The first-order valence-electron chi connectivity index (χ1n) is 20.1. The largest absolute Gasteiger partial charge is 0.456 e. The first-order chi connectivity index (χ1) is 25.9. The van der Waals surface area contributed by atoms with Crippen molar-refractivity contribution in [3.8, 4) is 0 Å². The minimum absolute atomic E-state index is 0.0462. The molecule has 1 saturated carbocycles. The van der Waals surface area contributed by atoms with Crippen LogP contribution in [0.5, 0.6) is 0 Å². The van der Waals surface area contributed by atoms with E-state index in [9.17, 15) is 44.7 Å². The van der Waals surface area contributed by atoms with Gasteiger partial charge in [0.1, 0.15) is 24.0 Å². The highest BCUT2D eigenvalue weighted by molar-refractivity contribution is 6.39. The van der Waals surface area contributed by atoms with Crippen molar-refractivity contribution in [3.63, 3.8) is 0 Å². The van der Waals surface area contributed by atoms with Gasteiger partial charge in [-0.25, -0.2) is 4.79 Å². The van der Waals surface area contributed by atoms with Gasteiger partial charge >= 0.3 is 5.97 Å². The third kappa shape index (κ3) is 10.8. The van der Waals surface area contributed by atoms with Crippen molar-refractivity contribution in [2.75, 3.05) is 13.7 Å². The number of allylic oxidation sites excluding steroid dienone is 4. The summed E-state index contributed by atoms with van der Waals surface area (Å²) in [5.41, 5.74) is 1.46. The number of hydrogen-bond acceptors (Lipinski definition) is 12. The van der Waals surface area contributed by atoms with Gasteiger partial charge in [-0.15, -0.1) is 6.58 Å². The number of fused-ring (bicyclic) bond motifs is 3. The lowest BCUT2D eigenvalue weighted by Gasteiger charge is -2.46. The Morgan fingerprint density at radius 2 is 1.67 bits per heavy atom. The Morgan fingerprint density at radius 3 is 2.33 bits per heavy atom. The van der Waals surface area contributed by atoms with Gasteiger partial charge in [-0.05, 0) is 95.5 Å². The number of methoxy groups -OCH3 is 1. The van der Waals surface area contributed by atoms with Crippen molar-refractivity contribution in [1.82, 2.24) is 4.90 Å². The lowest BCUT2D eigenvalue weighted by atomic mass is 9.81. The van der Waals surface area contributed by atoms with Crippen LogP contribution in [0.2, 0.25) is 0 Å². The van der Waals surface area contributed by atoms with Crippen LogP contribution in [-0.2, 0) is 33.4 Å². The molecule has 13 heteroatoms. The number of rotatable bonds is 5. The Kier molecular flexibility index (Phi) is 16.0. The number of ketones is 2.